The number of guanidine groups is 1. The molecule has 1 aliphatic rings. The fourth-order valence-corrected chi connectivity index (χ4v) is 2.53. The molecule has 0 amide bonds. The molecule has 0 radical (unpaired) electrons. The van der Waals surface area contributed by atoms with Crippen molar-refractivity contribution < 1.29 is 0 Å². The number of nitrogens with zero attached hydrogens (tertiary/aromatic N) is 3. The van der Waals surface area contributed by atoms with E-state index < -0.39 is 0 Å². The quantitative estimate of drug-likeness (QED) is 0.677. The van der Waals surface area contributed by atoms with Gasteiger partial charge >= 0.3 is 0 Å². The second-order valence-electron chi connectivity index (χ2n) is 5.40. The van der Waals surface area contributed by atoms with E-state index in [-0.39, 0.29) is 0 Å². The zero-order valence-corrected chi connectivity index (χ0v) is 12.5. The summed E-state index contributed by atoms with van der Waals surface area (Å²) < 4.78 is 0. The lowest BCUT2D eigenvalue weighted by Gasteiger charge is -2.22. The zero-order chi connectivity index (χ0) is 14.2. The maximum Gasteiger partial charge on any atom is 0.191 e. The second-order valence-corrected chi connectivity index (χ2v) is 5.40. The van der Waals surface area contributed by atoms with Crippen molar-refractivity contribution in [3.8, 4) is 0 Å². The van der Waals surface area contributed by atoms with Crippen LogP contribution in [0.3, 0.4) is 0 Å². The average Bonchev–Trinajstić information content (AvgIpc) is 2.77. The van der Waals surface area contributed by atoms with Gasteiger partial charge in [0.25, 0.3) is 0 Å². The molecule has 0 aliphatic carbocycles. The fourth-order valence-electron chi connectivity index (χ4n) is 2.53. The van der Waals surface area contributed by atoms with Gasteiger partial charge in [-0.25, -0.2) is 0 Å². The summed E-state index contributed by atoms with van der Waals surface area (Å²) in [6.07, 6.45) is 5.11. The number of rotatable bonds is 4. The summed E-state index contributed by atoms with van der Waals surface area (Å²) in [5.74, 6) is 0.716. The van der Waals surface area contributed by atoms with Gasteiger partial charge in [-0.2, -0.15) is 0 Å². The van der Waals surface area contributed by atoms with Gasteiger partial charge in [0.1, 0.15) is 0 Å². The summed E-state index contributed by atoms with van der Waals surface area (Å²) in [5, 5.41) is 0. The predicted molar refractivity (Wildman–Crippen MR) is 86.2 cm³/mol. The number of nitrogens with two attached hydrogens (primary N) is 1. The van der Waals surface area contributed by atoms with Crippen LogP contribution in [0.1, 0.15) is 25.7 Å². The number of likely N-dealkylation sites (N-methyl/N-ethyl adjacent to an activating group) is 1. The van der Waals surface area contributed by atoms with Crippen molar-refractivity contribution in [1.29, 1.82) is 0 Å². The van der Waals surface area contributed by atoms with Crippen LogP contribution in [-0.2, 0) is 0 Å². The molecule has 1 aromatic carbocycles. The van der Waals surface area contributed by atoms with E-state index in [0.29, 0.717) is 5.96 Å². The molecule has 0 spiro atoms. The molecule has 0 bridgehead atoms. The Bertz CT molecular complexity index is 408. The minimum Gasteiger partial charge on any atom is -0.373 e. The Labute approximate surface area is 122 Å². The van der Waals surface area contributed by atoms with Crippen molar-refractivity contribution >= 4 is 11.6 Å². The van der Waals surface area contributed by atoms with Crippen molar-refractivity contribution in [2.75, 3.05) is 38.1 Å². The van der Waals surface area contributed by atoms with Crippen LogP contribution in [-0.4, -0.2) is 44.1 Å². The monoisotopic (exact) mass is 274 g/mol. The number of hydrogen-bond donors (Lipinski definition) is 1. The number of anilines is 1. The lowest BCUT2D eigenvalue weighted by Crippen LogP contribution is -2.38. The molecular weight excluding hydrogens is 248 g/mol. The standard InChI is InChI=1S/C16H26N4/c1-19(15-9-5-4-6-10-15)14-11-18-16(17)20-12-7-2-3-8-13-20/h4-6,9-10H,2-3,7-8,11-14H2,1H3,(H2,17,18). The van der Waals surface area contributed by atoms with Gasteiger partial charge < -0.3 is 15.5 Å². The molecule has 0 saturated carbocycles. The molecule has 4 nitrogen and oxygen atoms in total. The maximum absolute atomic E-state index is 6.10. The summed E-state index contributed by atoms with van der Waals surface area (Å²) in [4.78, 5) is 8.97. The van der Waals surface area contributed by atoms with Gasteiger partial charge in [0, 0.05) is 32.4 Å². The van der Waals surface area contributed by atoms with Crippen molar-refractivity contribution in [2.24, 2.45) is 10.7 Å². The first-order valence-corrected chi connectivity index (χ1v) is 7.58. The predicted octanol–water partition coefficient (Wildman–Crippen LogP) is 2.31. The minimum atomic E-state index is 0.716. The van der Waals surface area contributed by atoms with E-state index in [2.05, 4.69) is 46.1 Å². The molecule has 2 N–H and O–H groups in total. The first-order chi connectivity index (χ1) is 9.77. The summed E-state index contributed by atoms with van der Waals surface area (Å²) in [6.45, 7) is 3.75. The number of para-hydroxylation sites is 1. The van der Waals surface area contributed by atoms with E-state index in [1.54, 1.807) is 0 Å². The molecule has 110 valence electrons. The minimum absolute atomic E-state index is 0.716. The van der Waals surface area contributed by atoms with Gasteiger partial charge in [-0.1, -0.05) is 31.0 Å². The Balaban J connectivity index is 1.80. The van der Waals surface area contributed by atoms with Crippen LogP contribution in [0.2, 0.25) is 0 Å². The van der Waals surface area contributed by atoms with E-state index in [4.69, 9.17) is 5.73 Å². The molecule has 1 saturated heterocycles. The lowest BCUT2D eigenvalue weighted by atomic mass is 10.2. The van der Waals surface area contributed by atoms with Gasteiger partial charge in [0.15, 0.2) is 5.96 Å². The van der Waals surface area contributed by atoms with Gasteiger partial charge in [-0.3, -0.25) is 4.99 Å². The summed E-state index contributed by atoms with van der Waals surface area (Å²) in [5.41, 5.74) is 7.32. The third kappa shape index (κ3) is 4.44. The topological polar surface area (TPSA) is 44.9 Å². The largest absolute Gasteiger partial charge is 0.373 e. The van der Waals surface area contributed by atoms with E-state index in [1.165, 1.54) is 31.4 Å². The van der Waals surface area contributed by atoms with E-state index in [9.17, 15) is 0 Å². The Morgan fingerprint density at radius 1 is 1.15 bits per heavy atom. The molecule has 0 atom stereocenters. The van der Waals surface area contributed by atoms with Crippen molar-refractivity contribution in [2.45, 2.75) is 25.7 Å². The van der Waals surface area contributed by atoms with Gasteiger partial charge in [0.05, 0.1) is 6.54 Å². The molecule has 4 heteroatoms. The molecule has 0 unspecified atom stereocenters. The van der Waals surface area contributed by atoms with Crippen LogP contribution in [0.4, 0.5) is 5.69 Å². The summed E-state index contributed by atoms with van der Waals surface area (Å²) in [7, 11) is 2.09. The average molecular weight is 274 g/mol. The van der Waals surface area contributed by atoms with Gasteiger partial charge in [-0.05, 0) is 25.0 Å². The van der Waals surface area contributed by atoms with Crippen molar-refractivity contribution in [3.05, 3.63) is 30.3 Å². The fraction of sp³-hybridized carbons (Fsp3) is 0.562. The highest BCUT2D eigenvalue weighted by atomic mass is 15.3. The Morgan fingerprint density at radius 2 is 1.80 bits per heavy atom. The maximum atomic E-state index is 6.10. The molecule has 0 aromatic heterocycles. The first-order valence-electron chi connectivity index (χ1n) is 7.58. The lowest BCUT2D eigenvalue weighted by molar-refractivity contribution is 0.428. The van der Waals surface area contributed by atoms with Crippen LogP contribution < -0.4 is 10.6 Å². The Hall–Kier alpha value is -1.71. The number of hydrogen-bond acceptors (Lipinski definition) is 2. The van der Waals surface area contributed by atoms with Gasteiger partial charge in [0.2, 0.25) is 0 Å². The molecule has 1 aromatic rings. The summed E-state index contributed by atoms with van der Waals surface area (Å²) in [6, 6.07) is 10.4. The van der Waals surface area contributed by atoms with Crippen LogP contribution in [0.15, 0.2) is 35.3 Å². The number of likely N-dealkylation sites (tertiary alicyclic amines) is 1. The summed E-state index contributed by atoms with van der Waals surface area (Å²) >= 11 is 0. The van der Waals surface area contributed by atoms with Crippen LogP contribution in [0.5, 0.6) is 0 Å². The highest BCUT2D eigenvalue weighted by Gasteiger charge is 2.10. The van der Waals surface area contributed by atoms with E-state index in [0.717, 1.165) is 26.2 Å². The highest BCUT2D eigenvalue weighted by molar-refractivity contribution is 5.78. The Morgan fingerprint density at radius 3 is 2.45 bits per heavy atom. The number of aliphatic imine (C=N–C) groups is 1. The van der Waals surface area contributed by atoms with E-state index >= 15 is 0 Å². The zero-order valence-electron chi connectivity index (χ0n) is 12.5. The van der Waals surface area contributed by atoms with Crippen molar-refractivity contribution in [3.63, 3.8) is 0 Å². The van der Waals surface area contributed by atoms with Crippen LogP contribution in [0.25, 0.3) is 0 Å². The normalized spacial score (nSPS) is 16.9. The Kier molecular flexibility index (Phi) is 5.71. The number of benzene rings is 1. The molecular formula is C16H26N4. The third-order valence-corrected chi connectivity index (χ3v) is 3.84. The smallest absolute Gasteiger partial charge is 0.191 e. The molecule has 2 rings (SSSR count). The van der Waals surface area contributed by atoms with E-state index in [1.807, 2.05) is 6.07 Å². The van der Waals surface area contributed by atoms with Crippen LogP contribution >= 0.6 is 0 Å². The molecule has 20 heavy (non-hydrogen) atoms. The van der Waals surface area contributed by atoms with Gasteiger partial charge in [-0.15, -0.1) is 0 Å². The third-order valence-electron chi connectivity index (χ3n) is 3.84. The highest BCUT2D eigenvalue weighted by Crippen LogP contribution is 2.11. The second kappa shape index (κ2) is 7.78. The molecule has 1 aliphatic heterocycles. The SMILES string of the molecule is CN(CCN=C(N)N1CCCCCC1)c1ccccc1. The van der Waals surface area contributed by atoms with Crippen molar-refractivity contribution in [1.82, 2.24) is 4.90 Å². The van der Waals surface area contributed by atoms with Crippen LogP contribution in [0, 0.1) is 0 Å². The molecule has 1 fully saturated rings. The molecule has 1 heterocycles. The first kappa shape index (κ1) is 14.7.